The number of hydrogen-bond acceptors (Lipinski definition) is 3. The molecule has 2 atom stereocenters. The normalized spacial score (nSPS) is 27.5. The maximum Gasteiger partial charge on any atom is 0.291 e. The largest absolute Gasteiger partial charge is 0.384 e. The lowest BCUT2D eigenvalue weighted by Gasteiger charge is -2.37. The Morgan fingerprint density at radius 1 is 1.73 bits per heavy atom. The van der Waals surface area contributed by atoms with Crippen molar-refractivity contribution in [3.05, 3.63) is 0 Å². The Kier molecular flexibility index (Phi) is 4.24. The second-order valence-electron chi connectivity index (χ2n) is 3.56. The van der Waals surface area contributed by atoms with Crippen LogP contribution in [-0.4, -0.2) is 47.1 Å². The van der Waals surface area contributed by atoms with Gasteiger partial charge in [-0.2, -0.15) is 0 Å². The molecule has 1 saturated heterocycles. The van der Waals surface area contributed by atoms with Gasteiger partial charge in [0.25, 0.3) is 11.8 Å². The molecule has 1 heterocycles. The molecule has 1 rings (SSSR count). The Bertz CT molecular complexity index is 250. The summed E-state index contributed by atoms with van der Waals surface area (Å²) >= 11 is 1.44. The Labute approximate surface area is 100 Å². The summed E-state index contributed by atoms with van der Waals surface area (Å²) in [6.07, 6.45) is -2.32. The minimum Gasteiger partial charge on any atom is -0.384 e. The molecule has 88 valence electrons. The summed E-state index contributed by atoms with van der Waals surface area (Å²) in [5.41, 5.74) is 0. The van der Waals surface area contributed by atoms with Gasteiger partial charge in [0.15, 0.2) is 0 Å². The van der Waals surface area contributed by atoms with Gasteiger partial charge in [0, 0.05) is 6.54 Å². The van der Waals surface area contributed by atoms with Crippen molar-refractivity contribution >= 4 is 28.9 Å². The summed E-state index contributed by atoms with van der Waals surface area (Å²) in [6.45, 7) is 0.763. The number of carbonyl (C=O) groups is 1. The zero-order chi connectivity index (χ0) is 11.6. The molecule has 1 aliphatic heterocycles. The zero-order valence-corrected chi connectivity index (χ0v) is 10.3. The first kappa shape index (κ1) is 13.0. The van der Waals surface area contributed by atoms with Crippen LogP contribution in [0.4, 0.5) is 8.78 Å². The molecule has 0 radical (unpaired) electrons. The standard InChI is InChI=1S/C8H12F2INO3/c1-5(13)7(14)12-3-2-6(15-11)8(9,10)4-12/h5-6,13H,2-4H2,1H3/t5-,6-/m0/s1. The number of rotatable bonds is 2. The van der Waals surface area contributed by atoms with Gasteiger partial charge in [-0.15, -0.1) is 0 Å². The Hall–Kier alpha value is -0.0200. The number of nitrogens with zero attached hydrogens (tertiary/aromatic N) is 1. The first-order chi connectivity index (χ1) is 6.88. The highest BCUT2D eigenvalue weighted by Crippen LogP contribution is 2.31. The Morgan fingerprint density at radius 2 is 2.33 bits per heavy atom. The minimum absolute atomic E-state index is 0.0778. The molecule has 0 aromatic carbocycles. The van der Waals surface area contributed by atoms with Crippen LogP contribution in [0.3, 0.4) is 0 Å². The summed E-state index contributed by atoms with van der Waals surface area (Å²) in [4.78, 5) is 12.2. The second kappa shape index (κ2) is 4.88. The molecule has 1 N–H and O–H groups in total. The van der Waals surface area contributed by atoms with Gasteiger partial charge in [-0.3, -0.25) is 4.79 Å². The third kappa shape index (κ3) is 2.97. The fourth-order valence-corrected chi connectivity index (χ4v) is 2.11. The van der Waals surface area contributed by atoms with Crippen LogP contribution in [-0.2, 0) is 7.86 Å². The summed E-state index contributed by atoms with van der Waals surface area (Å²) in [5, 5.41) is 9.00. The molecule has 0 unspecified atom stereocenters. The van der Waals surface area contributed by atoms with E-state index in [2.05, 4.69) is 3.07 Å². The maximum atomic E-state index is 13.3. The SMILES string of the molecule is C[C@H](O)C(=O)N1CC[C@H](OI)C(F)(F)C1. The van der Waals surface area contributed by atoms with E-state index < -0.39 is 30.6 Å². The predicted octanol–water partition coefficient (Wildman–Crippen LogP) is 0.970. The highest BCUT2D eigenvalue weighted by molar-refractivity contribution is 14.1. The van der Waals surface area contributed by atoms with Crippen LogP contribution in [0.1, 0.15) is 13.3 Å². The molecule has 1 amide bonds. The van der Waals surface area contributed by atoms with E-state index in [1.807, 2.05) is 0 Å². The molecule has 0 saturated carbocycles. The summed E-state index contributed by atoms with van der Waals surface area (Å²) < 4.78 is 31.3. The monoisotopic (exact) mass is 335 g/mol. The van der Waals surface area contributed by atoms with E-state index in [1.54, 1.807) is 0 Å². The van der Waals surface area contributed by atoms with Crippen LogP contribution in [0.5, 0.6) is 0 Å². The van der Waals surface area contributed by atoms with Crippen LogP contribution >= 0.6 is 23.0 Å². The van der Waals surface area contributed by atoms with Crippen molar-refractivity contribution in [2.75, 3.05) is 13.1 Å². The van der Waals surface area contributed by atoms with Gasteiger partial charge in [-0.05, 0) is 13.3 Å². The molecule has 0 aromatic rings. The van der Waals surface area contributed by atoms with Crippen LogP contribution in [0.15, 0.2) is 0 Å². The van der Waals surface area contributed by atoms with Crippen LogP contribution in [0, 0.1) is 0 Å². The van der Waals surface area contributed by atoms with Crippen molar-refractivity contribution in [3.63, 3.8) is 0 Å². The quantitative estimate of drug-likeness (QED) is 0.765. The molecule has 4 nitrogen and oxygen atoms in total. The maximum absolute atomic E-state index is 13.3. The Morgan fingerprint density at radius 3 is 2.73 bits per heavy atom. The first-order valence-corrected chi connectivity index (χ1v) is 5.38. The van der Waals surface area contributed by atoms with E-state index in [9.17, 15) is 13.6 Å². The number of alkyl halides is 2. The summed E-state index contributed by atoms with van der Waals surface area (Å²) in [6, 6.07) is 0. The number of aliphatic hydroxyl groups excluding tert-OH is 1. The molecule has 0 aliphatic carbocycles. The third-order valence-corrected chi connectivity index (χ3v) is 2.92. The van der Waals surface area contributed by atoms with Gasteiger partial charge >= 0.3 is 0 Å². The number of halogens is 3. The van der Waals surface area contributed by atoms with Crippen molar-refractivity contribution in [1.82, 2.24) is 4.90 Å². The number of amides is 1. The average Bonchev–Trinajstić information content (AvgIpc) is 2.15. The van der Waals surface area contributed by atoms with Crippen molar-refractivity contribution in [2.45, 2.75) is 31.5 Å². The lowest BCUT2D eigenvalue weighted by molar-refractivity contribution is -0.161. The van der Waals surface area contributed by atoms with Crippen molar-refractivity contribution in [3.8, 4) is 0 Å². The van der Waals surface area contributed by atoms with Gasteiger partial charge in [0.2, 0.25) is 0 Å². The van der Waals surface area contributed by atoms with E-state index in [0.29, 0.717) is 0 Å². The molecule has 0 bridgehead atoms. The van der Waals surface area contributed by atoms with Crippen molar-refractivity contribution < 1.29 is 21.7 Å². The van der Waals surface area contributed by atoms with Gasteiger partial charge in [-0.1, -0.05) is 0 Å². The minimum atomic E-state index is -3.05. The van der Waals surface area contributed by atoms with E-state index in [0.717, 1.165) is 4.90 Å². The average molecular weight is 335 g/mol. The molecule has 7 heteroatoms. The zero-order valence-electron chi connectivity index (χ0n) is 8.12. The van der Waals surface area contributed by atoms with Crippen molar-refractivity contribution in [2.24, 2.45) is 0 Å². The second-order valence-corrected chi connectivity index (χ2v) is 4.07. The van der Waals surface area contributed by atoms with E-state index in [4.69, 9.17) is 5.11 Å². The van der Waals surface area contributed by atoms with Gasteiger partial charge in [0.1, 0.15) is 35.2 Å². The molecule has 1 aliphatic rings. The topological polar surface area (TPSA) is 49.8 Å². The number of carbonyl (C=O) groups excluding carboxylic acids is 1. The first-order valence-electron chi connectivity index (χ1n) is 4.50. The van der Waals surface area contributed by atoms with E-state index in [1.165, 1.54) is 29.9 Å². The van der Waals surface area contributed by atoms with E-state index >= 15 is 0 Å². The third-order valence-electron chi connectivity index (χ3n) is 2.31. The van der Waals surface area contributed by atoms with Gasteiger partial charge < -0.3 is 13.1 Å². The molecular formula is C8H12F2INO3. The smallest absolute Gasteiger partial charge is 0.291 e. The lowest BCUT2D eigenvalue weighted by Crippen LogP contribution is -2.55. The number of aliphatic hydroxyl groups is 1. The van der Waals surface area contributed by atoms with Crippen LogP contribution in [0.2, 0.25) is 0 Å². The lowest BCUT2D eigenvalue weighted by atomic mass is 10.0. The van der Waals surface area contributed by atoms with E-state index in [-0.39, 0.29) is 13.0 Å². The highest BCUT2D eigenvalue weighted by Gasteiger charge is 2.47. The molecule has 15 heavy (non-hydrogen) atoms. The number of piperidine rings is 1. The summed E-state index contributed by atoms with van der Waals surface area (Å²) in [7, 11) is 0. The molecule has 0 spiro atoms. The fourth-order valence-electron chi connectivity index (χ4n) is 1.48. The fraction of sp³-hybridized carbons (Fsp3) is 0.875. The Balaban J connectivity index is 2.66. The summed E-state index contributed by atoms with van der Waals surface area (Å²) in [5.74, 6) is -3.72. The van der Waals surface area contributed by atoms with Crippen LogP contribution < -0.4 is 0 Å². The van der Waals surface area contributed by atoms with Gasteiger partial charge in [-0.25, -0.2) is 8.78 Å². The molecule has 0 aromatic heterocycles. The number of hydrogen-bond donors (Lipinski definition) is 1. The number of likely N-dealkylation sites (tertiary alicyclic amines) is 1. The highest BCUT2D eigenvalue weighted by atomic mass is 127. The van der Waals surface area contributed by atoms with Gasteiger partial charge in [0.05, 0.1) is 6.54 Å². The molecule has 1 fully saturated rings. The predicted molar refractivity (Wildman–Crippen MR) is 56.7 cm³/mol. The van der Waals surface area contributed by atoms with Crippen LogP contribution in [0.25, 0.3) is 0 Å². The van der Waals surface area contributed by atoms with Crippen molar-refractivity contribution in [1.29, 1.82) is 0 Å². The molecular weight excluding hydrogens is 323 g/mol.